The first-order valence-electron chi connectivity index (χ1n) is 4.77. The maximum absolute atomic E-state index is 10.4. The van der Waals surface area contributed by atoms with Gasteiger partial charge in [0.05, 0.1) is 0 Å². The first-order valence-corrected chi connectivity index (χ1v) is 4.77. The lowest BCUT2D eigenvalue weighted by atomic mass is 10.1. The van der Waals surface area contributed by atoms with E-state index in [0.717, 1.165) is 6.42 Å². The third kappa shape index (κ3) is 3.56. The van der Waals surface area contributed by atoms with Crippen molar-refractivity contribution < 1.29 is 9.53 Å². The molecule has 1 aliphatic heterocycles. The third-order valence-corrected chi connectivity index (χ3v) is 2.00. The van der Waals surface area contributed by atoms with Crippen LogP contribution in [0.1, 0.15) is 45.4 Å². The summed E-state index contributed by atoms with van der Waals surface area (Å²) in [6, 6.07) is 0. The number of rotatable bonds is 6. The quantitative estimate of drug-likeness (QED) is 0.347. The fourth-order valence-electron chi connectivity index (χ4n) is 1.18. The molecule has 0 unspecified atom stereocenters. The molecule has 0 amide bonds. The molecule has 1 aliphatic rings. The molecule has 1 saturated heterocycles. The van der Waals surface area contributed by atoms with Crippen molar-refractivity contribution in [3.8, 4) is 0 Å². The Labute approximate surface area is 73.6 Å². The molecule has 68 valence electrons. The van der Waals surface area contributed by atoms with E-state index < -0.39 is 0 Å². The second-order valence-corrected chi connectivity index (χ2v) is 3.16. The molecule has 0 saturated carbocycles. The fraction of sp³-hybridized carbons (Fsp3) is 0.700. The third-order valence-electron chi connectivity index (χ3n) is 2.00. The molecule has 0 spiro atoms. The van der Waals surface area contributed by atoms with Crippen LogP contribution < -0.4 is 0 Å². The standard InChI is InChI=1S/C10H16O2/c1-2-3-4-5-6-7-8-9-10(11)12-9/h8H,2-7H2,1H3/b9-8+. The number of cyclic esters (lactones) is 1. The van der Waals surface area contributed by atoms with Crippen molar-refractivity contribution in [3.63, 3.8) is 0 Å². The number of unbranched alkanes of at least 4 members (excludes halogenated alkanes) is 5. The Hall–Kier alpha value is -0.790. The van der Waals surface area contributed by atoms with E-state index in [-0.39, 0.29) is 5.97 Å². The van der Waals surface area contributed by atoms with E-state index in [1.54, 1.807) is 0 Å². The van der Waals surface area contributed by atoms with Crippen molar-refractivity contribution in [3.05, 3.63) is 11.8 Å². The van der Waals surface area contributed by atoms with Gasteiger partial charge >= 0.3 is 5.97 Å². The SMILES string of the molecule is CCCCCCC/C=C1/OC1=O. The Morgan fingerprint density at radius 1 is 1.25 bits per heavy atom. The Bertz CT molecular complexity index is 182. The number of allylic oxidation sites excluding steroid dienone is 1. The zero-order chi connectivity index (χ0) is 8.81. The Morgan fingerprint density at radius 3 is 2.50 bits per heavy atom. The van der Waals surface area contributed by atoms with Gasteiger partial charge in [-0.15, -0.1) is 0 Å². The van der Waals surface area contributed by atoms with Crippen LogP contribution in [0.2, 0.25) is 0 Å². The predicted molar refractivity (Wildman–Crippen MR) is 47.6 cm³/mol. The van der Waals surface area contributed by atoms with Gasteiger partial charge in [-0.1, -0.05) is 32.6 Å². The van der Waals surface area contributed by atoms with Crippen LogP contribution in [0.25, 0.3) is 0 Å². The smallest absolute Gasteiger partial charge is 0.379 e. The summed E-state index contributed by atoms with van der Waals surface area (Å²) < 4.78 is 4.57. The van der Waals surface area contributed by atoms with E-state index in [1.807, 2.05) is 6.08 Å². The molecule has 12 heavy (non-hydrogen) atoms. The monoisotopic (exact) mass is 168 g/mol. The summed E-state index contributed by atoms with van der Waals surface area (Å²) >= 11 is 0. The molecule has 1 fully saturated rings. The largest absolute Gasteiger partial charge is 0.413 e. The van der Waals surface area contributed by atoms with E-state index in [1.165, 1.54) is 32.1 Å². The van der Waals surface area contributed by atoms with Crippen molar-refractivity contribution in [1.29, 1.82) is 0 Å². The minimum Gasteiger partial charge on any atom is -0.413 e. The highest BCUT2D eigenvalue weighted by atomic mass is 16.6. The summed E-state index contributed by atoms with van der Waals surface area (Å²) in [7, 11) is 0. The summed E-state index contributed by atoms with van der Waals surface area (Å²) in [6.07, 6.45) is 9.26. The van der Waals surface area contributed by atoms with Gasteiger partial charge in [0.1, 0.15) is 0 Å². The average molecular weight is 168 g/mol. The highest BCUT2D eigenvalue weighted by molar-refractivity contribution is 6.00. The van der Waals surface area contributed by atoms with Crippen LogP contribution in [0.15, 0.2) is 11.8 Å². The molecule has 2 heteroatoms. The van der Waals surface area contributed by atoms with Gasteiger partial charge in [-0.25, -0.2) is 4.79 Å². The maximum Gasteiger partial charge on any atom is 0.379 e. The van der Waals surface area contributed by atoms with Gasteiger partial charge in [-0.3, -0.25) is 0 Å². The van der Waals surface area contributed by atoms with Crippen molar-refractivity contribution >= 4 is 5.97 Å². The van der Waals surface area contributed by atoms with Crippen molar-refractivity contribution in [2.75, 3.05) is 0 Å². The van der Waals surface area contributed by atoms with Crippen LogP contribution in [-0.4, -0.2) is 5.97 Å². The van der Waals surface area contributed by atoms with E-state index in [2.05, 4.69) is 11.7 Å². The second-order valence-electron chi connectivity index (χ2n) is 3.16. The van der Waals surface area contributed by atoms with Crippen LogP contribution in [0, 0.1) is 0 Å². The number of ether oxygens (including phenoxy) is 1. The molecule has 0 aromatic rings. The lowest BCUT2D eigenvalue weighted by Crippen LogP contribution is -1.75. The maximum atomic E-state index is 10.4. The first-order chi connectivity index (χ1) is 5.84. The molecule has 1 heterocycles. The molecule has 0 bridgehead atoms. The summed E-state index contributed by atoms with van der Waals surface area (Å²) in [5.74, 6) is 0.439. The second kappa shape index (κ2) is 4.96. The van der Waals surface area contributed by atoms with Gasteiger partial charge in [-0.2, -0.15) is 0 Å². The molecule has 0 aromatic carbocycles. The molecule has 0 atom stereocenters. The van der Waals surface area contributed by atoms with Crippen LogP contribution in [0.5, 0.6) is 0 Å². The molecule has 0 aromatic heterocycles. The van der Waals surface area contributed by atoms with Crippen LogP contribution in [0.4, 0.5) is 0 Å². The van der Waals surface area contributed by atoms with Crippen LogP contribution in [-0.2, 0) is 9.53 Å². The van der Waals surface area contributed by atoms with Gasteiger partial charge in [0.2, 0.25) is 5.76 Å². The molecule has 0 aliphatic carbocycles. The van der Waals surface area contributed by atoms with E-state index >= 15 is 0 Å². The Kier molecular flexibility index (Phi) is 3.85. The average Bonchev–Trinajstić information content (AvgIpc) is 2.74. The summed E-state index contributed by atoms with van der Waals surface area (Å²) in [6.45, 7) is 2.21. The first kappa shape index (κ1) is 9.30. The van der Waals surface area contributed by atoms with E-state index in [0.29, 0.717) is 5.76 Å². The number of carbonyl (C=O) groups is 1. The van der Waals surface area contributed by atoms with Gasteiger partial charge in [0.25, 0.3) is 0 Å². The highest BCUT2D eigenvalue weighted by Crippen LogP contribution is 2.18. The van der Waals surface area contributed by atoms with Crippen molar-refractivity contribution in [2.24, 2.45) is 0 Å². The number of carbonyl (C=O) groups excluding carboxylic acids is 1. The molecular formula is C10H16O2. The normalized spacial score (nSPS) is 18.1. The zero-order valence-electron chi connectivity index (χ0n) is 7.64. The predicted octanol–water partition coefficient (Wildman–Crippen LogP) is 2.79. The fourth-order valence-corrected chi connectivity index (χ4v) is 1.18. The van der Waals surface area contributed by atoms with Crippen molar-refractivity contribution in [1.82, 2.24) is 0 Å². The Balaban J connectivity index is 1.87. The van der Waals surface area contributed by atoms with E-state index in [9.17, 15) is 4.79 Å². The topological polar surface area (TPSA) is 29.6 Å². The highest BCUT2D eigenvalue weighted by Gasteiger charge is 2.28. The van der Waals surface area contributed by atoms with E-state index in [4.69, 9.17) is 0 Å². The van der Waals surface area contributed by atoms with Gasteiger partial charge in [0.15, 0.2) is 0 Å². The minimum atomic E-state index is -0.136. The Morgan fingerprint density at radius 2 is 1.92 bits per heavy atom. The van der Waals surface area contributed by atoms with Crippen LogP contribution in [0.3, 0.4) is 0 Å². The molecule has 1 rings (SSSR count). The minimum absolute atomic E-state index is 0.136. The molecule has 0 N–H and O–H groups in total. The van der Waals surface area contributed by atoms with Crippen LogP contribution >= 0.6 is 0 Å². The summed E-state index contributed by atoms with van der Waals surface area (Å²) in [4.78, 5) is 10.4. The number of hydrogen-bond donors (Lipinski definition) is 0. The lowest BCUT2D eigenvalue weighted by Gasteiger charge is -1.94. The zero-order valence-corrected chi connectivity index (χ0v) is 7.64. The summed E-state index contributed by atoms with van der Waals surface area (Å²) in [5, 5.41) is 0. The molecule has 2 nitrogen and oxygen atoms in total. The van der Waals surface area contributed by atoms with Gasteiger partial charge < -0.3 is 4.74 Å². The lowest BCUT2D eigenvalue weighted by molar-refractivity contribution is -0.117. The van der Waals surface area contributed by atoms with Gasteiger partial charge in [-0.05, 0) is 18.9 Å². The number of hydrogen-bond acceptors (Lipinski definition) is 2. The molecular weight excluding hydrogens is 152 g/mol. The van der Waals surface area contributed by atoms with Crippen molar-refractivity contribution in [2.45, 2.75) is 45.4 Å². The molecule has 0 radical (unpaired) electrons. The summed E-state index contributed by atoms with van der Waals surface area (Å²) in [5.41, 5.74) is 0. The van der Waals surface area contributed by atoms with Gasteiger partial charge in [0, 0.05) is 0 Å². The number of epoxide rings is 1.